The smallest absolute Gasteiger partial charge is 0.0386 e. The molecule has 2 saturated carbocycles. The van der Waals surface area contributed by atoms with E-state index < -0.39 is 0 Å². The maximum atomic E-state index is 2.42. The largest absolute Gasteiger partial charge is 0.0620 e. The molecule has 0 saturated heterocycles. The summed E-state index contributed by atoms with van der Waals surface area (Å²) in [5.74, 6) is 10.1. The molecular formula is C22H44. The molecule has 22 heavy (non-hydrogen) atoms. The van der Waals surface area contributed by atoms with Crippen molar-refractivity contribution in [1.82, 2.24) is 0 Å². The molecule has 0 aliphatic heterocycles. The van der Waals surface area contributed by atoms with Gasteiger partial charge >= 0.3 is 0 Å². The first-order valence-electron chi connectivity index (χ1n) is 10.0. The van der Waals surface area contributed by atoms with Crippen LogP contribution in [0.3, 0.4) is 0 Å². The van der Waals surface area contributed by atoms with Crippen LogP contribution in [0.25, 0.3) is 0 Å². The highest BCUT2D eigenvalue weighted by atomic mass is 14.4. The van der Waals surface area contributed by atoms with E-state index in [4.69, 9.17) is 0 Å². The molecule has 2 aliphatic rings. The van der Waals surface area contributed by atoms with Crippen LogP contribution in [0.15, 0.2) is 0 Å². The van der Waals surface area contributed by atoms with Crippen molar-refractivity contribution in [3.63, 3.8) is 0 Å². The topological polar surface area (TPSA) is 0 Å². The second-order valence-electron chi connectivity index (χ2n) is 9.45. The molecule has 0 N–H and O–H groups in total. The van der Waals surface area contributed by atoms with Crippen molar-refractivity contribution < 1.29 is 0 Å². The van der Waals surface area contributed by atoms with E-state index in [0.717, 1.165) is 65.1 Å². The summed E-state index contributed by atoms with van der Waals surface area (Å²) < 4.78 is 0. The standard InChI is InChI=1S/C12H24.C10H20/c1-7-8(2)10(4)12(6)11(5)9(7)3;1-6-7(2)9(4)10(5)8(6)3/h7-12H,1-6H3;6-10H,1-5H3. The first kappa shape index (κ1) is 20.0. The molecular weight excluding hydrogens is 264 g/mol. The predicted octanol–water partition coefficient (Wildman–Crippen LogP) is 7.00. The van der Waals surface area contributed by atoms with E-state index in [1.54, 1.807) is 0 Å². The quantitative estimate of drug-likeness (QED) is 0.452. The molecule has 0 heterocycles. The summed E-state index contributed by atoms with van der Waals surface area (Å²) >= 11 is 0. The Hall–Kier alpha value is 0. The zero-order chi connectivity index (χ0) is 17.4. The predicted molar refractivity (Wildman–Crippen MR) is 101 cm³/mol. The van der Waals surface area contributed by atoms with E-state index in [1.165, 1.54) is 0 Å². The number of rotatable bonds is 0. The van der Waals surface area contributed by atoms with Gasteiger partial charge in [-0.2, -0.15) is 0 Å². The zero-order valence-corrected chi connectivity index (χ0v) is 17.4. The molecule has 0 nitrogen and oxygen atoms in total. The van der Waals surface area contributed by atoms with Gasteiger partial charge in [-0.3, -0.25) is 0 Å². The fraction of sp³-hybridized carbons (Fsp3) is 1.00. The maximum Gasteiger partial charge on any atom is -0.0386 e. The molecule has 2 fully saturated rings. The molecule has 2 aliphatic carbocycles. The summed E-state index contributed by atoms with van der Waals surface area (Å²) in [7, 11) is 0. The van der Waals surface area contributed by atoms with Gasteiger partial charge in [0.1, 0.15) is 0 Å². The van der Waals surface area contributed by atoms with Crippen molar-refractivity contribution in [2.45, 2.75) is 76.2 Å². The lowest BCUT2D eigenvalue weighted by Crippen LogP contribution is -2.39. The van der Waals surface area contributed by atoms with E-state index in [0.29, 0.717) is 0 Å². The van der Waals surface area contributed by atoms with Crippen LogP contribution in [0.5, 0.6) is 0 Å². The van der Waals surface area contributed by atoms with E-state index >= 15 is 0 Å². The third-order valence-electron chi connectivity index (χ3n) is 9.12. The van der Waals surface area contributed by atoms with Gasteiger partial charge in [-0.05, 0) is 65.1 Å². The Balaban J connectivity index is 0.000000224. The van der Waals surface area contributed by atoms with Crippen molar-refractivity contribution in [2.24, 2.45) is 65.1 Å². The van der Waals surface area contributed by atoms with Crippen molar-refractivity contribution in [3.05, 3.63) is 0 Å². The van der Waals surface area contributed by atoms with Gasteiger partial charge in [0.25, 0.3) is 0 Å². The van der Waals surface area contributed by atoms with E-state index in [-0.39, 0.29) is 0 Å². The van der Waals surface area contributed by atoms with Crippen LogP contribution in [-0.2, 0) is 0 Å². The Morgan fingerprint density at radius 1 is 0.182 bits per heavy atom. The summed E-state index contributed by atoms with van der Waals surface area (Å²) in [6.45, 7) is 26.5. The van der Waals surface area contributed by atoms with Crippen molar-refractivity contribution in [1.29, 1.82) is 0 Å². The molecule has 0 atom stereocenters. The minimum Gasteiger partial charge on any atom is -0.0620 e. The van der Waals surface area contributed by atoms with Crippen LogP contribution < -0.4 is 0 Å². The zero-order valence-electron chi connectivity index (χ0n) is 17.4. The van der Waals surface area contributed by atoms with Gasteiger partial charge in [-0.25, -0.2) is 0 Å². The van der Waals surface area contributed by atoms with E-state index in [9.17, 15) is 0 Å². The van der Waals surface area contributed by atoms with Crippen LogP contribution in [0.1, 0.15) is 76.2 Å². The van der Waals surface area contributed by atoms with Gasteiger partial charge in [0.2, 0.25) is 0 Å². The Bertz CT molecular complexity index is 230. The maximum absolute atomic E-state index is 2.42. The minimum atomic E-state index is 0.909. The molecule has 0 amide bonds. The SMILES string of the molecule is CC1C(C)C(C)C(C)C(C)C1C.CC1C(C)C(C)C(C)C1C. The highest BCUT2D eigenvalue weighted by Crippen LogP contribution is 2.45. The second-order valence-corrected chi connectivity index (χ2v) is 9.45. The summed E-state index contributed by atoms with van der Waals surface area (Å²) in [6, 6.07) is 0. The third-order valence-corrected chi connectivity index (χ3v) is 9.12. The Morgan fingerprint density at radius 2 is 0.227 bits per heavy atom. The molecule has 2 rings (SSSR count). The lowest BCUT2D eigenvalue weighted by atomic mass is 9.60. The van der Waals surface area contributed by atoms with Crippen LogP contribution in [0, 0.1) is 65.1 Å². The van der Waals surface area contributed by atoms with Crippen molar-refractivity contribution >= 4 is 0 Å². The van der Waals surface area contributed by atoms with Gasteiger partial charge < -0.3 is 0 Å². The summed E-state index contributed by atoms with van der Waals surface area (Å²) in [4.78, 5) is 0. The number of hydrogen-bond acceptors (Lipinski definition) is 0. The Kier molecular flexibility index (Phi) is 7.03. The Morgan fingerprint density at radius 3 is 0.273 bits per heavy atom. The molecule has 0 spiro atoms. The van der Waals surface area contributed by atoms with Crippen LogP contribution in [0.4, 0.5) is 0 Å². The average Bonchev–Trinajstić information content (AvgIpc) is 2.67. The third kappa shape index (κ3) is 3.73. The highest BCUT2D eigenvalue weighted by Gasteiger charge is 2.39. The molecule has 0 heteroatoms. The molecule has 0 aromatic carbocycles. The van der Waals surface area contributed by atoms with Crippen LogP contribution in [0.2, 0.25) is 0 Å². The van der Waals surface area contributed by atoms with E-state index in [1.807, 2.05) is 0 Å². The first-order chi connectivity index (χ1) is 10.0. The van der Waals surface area contributed by atoms with Gasteiger partial charge in [0.15, 0.2) is 0 Å². The Labute approximate surface area is 141 Å². The van der Waals surface area contributed by atoms with Gasteiger partial charge in [-0.15, -0.1) is 0 Å². The number of hydrogen-bond donors (Lipinski definition) is 0. The fourth-order valence-electron chi connectivity index (χ4n) is 5.27. The molecule has 0 aromatic heterocycles. The summed E-state index contributed by atoms with van der Waals surface area (Å²) in [6.07, 6.45) is 0. The molecule has 0 aromatic rings. The highest BCUT2D eigenvalue weighted by molar-refractivity contribution is 4.87. The average molecular weight is 309 g/mol. The first-order valence-corrected chi connectivity index (χ1v) is 10.0. The monoisotopic (exact) mass is 308 g/mol. The van der Waals surface area contributed by atoms with Gasteiger partial charge in [0.05, 0.1) is 0 Å². The van der Waals surface area contributed by atoms with Crippen LogP contribution in [-0.4, -0.2) is 0 Å². The summed E-state index contributed by atoms with van der Waals surface area (Å²) in [5, 5.41) is 0. The van der Waals surface area contributed by atoms with Gasteiger partial charge in [-0.1, -0.05) is 76.2 Å². The summed E-state index contributed by atoms with van der Waals surface area (Å²) in [5.41, 5.74) is 0. The minimum absolute atomic E-state index is 0.909. The van der Waals surface area contributed by atoms with Crippen molar-refractivity contribution in [3.8, 4) is 0 Å². The normalized spacial score (nSPS) is 55.5. The lowest BCUT2D eigenvalue weighted by Gasteiger charge is -2.45. The fourth-order valence-corrected chi connectivity index (χ4v) is 5.27. The molecule has 0 unspecified atom stereocenters. The van der Waals surface area contributed by atoms with Crippen molar-refractivity contribution in [2.75, 3.05) is 0 Å². The molecule has 132 valence electrons. The van der Waals surface area contributed by atoms with E-state index in [2.05, 4.69) is 76.2 Å². The van der Waals surface area contributed by atoms with Gasteiger partial charge in [0, 0.05) is 0 Å². The second kappa shape index (κ2) is 7.71. The lowest BCUT2D eigenvalue weighted by molar-refractivity contribution is 0.0302. The molecule has 0 bridgehead atoms. The molecule has 0 radical (unpaired) electrons. The van der Waals surface area contributed by atoms with Crippen LogP contribution >= 0.6 is 0 Å².